The van der Waals surface area contributed by atoms with Gasteiger partial charge in [0.25, 0.3) is 5.91 Å². The summed E-state index contributed by atoms with van der Waals surface area (Å²) in [5.74, 6) is -0.0427. The molecule has 1 amide bonds. The Hall–Kier alpha value is -0.900. The standard InChI is InChI=1S/C14H17BrFNO/c1-9(10-4-2-3-5-10)17-14(18)12-8-11(16)6-7-13(12)15/h6-10H,2-5H2,1H3,(H,17,18). The number of amides is 1. The molecule has 18 heavy (non-hydrogen) atoms. The van der Waals surface area contributed by atoms with Gasteiger partial charge in [0.05, 0.1) is 5.56 Å². The fourth-order valence-electron chi connectivity index (χ4n) is 2.53. The number of carbonyl (C=O) groups excluding carboxylic acids is 1. The van der Waals surface area contributed by atoms with Crippen molar-refractivity contribution < 1.29 is 9.18 Å². The van der Waals surface area contributed by atoms with Gasteiger partial charge in [0.1, 0.15) is 5.82 Å². The fourth-order valence-corrected chi connectivity index (χ4v) is 2.96. The van der Waals surface area contributed by atoms with E-state index in [1.54, 1.807) is 6.07 Å². The average molecular weight is 314 g/mol. The van der Waals surface area contributed by atoms with Crippen LogP contribution in [-0.4, -0.2) is 11.9 Å². The maximum atomic E-state index is 13.1. The van der Waals surface area contributed by atoms with Gasteiger partial charge in [0.2, 0.25) is 0 Å². The van der Waals surface area contributed by atoms with Crippen LogP contribution in [0.3, 0.4) is 0 Å². The van der Waals surface area contributed by atoms with Crippen molar-refractivity contribution in [1.29, 1.82) is 0 Å². The van der Waals surface area contributed by atoms with Crippen LogP contribution in [-0.2, 0) is 0 Å². The summed E-state index contributed by atoms with van der Waals surface area (Å²) in [6.07, 6.45) is 4.83. The van der Waals surface area contributed by atoms with E-state index in [9.17, 15) is 9.18 Å². The second-order valence-electron chi connectivity index (χ2n) is 4.93. The Morgan fingerprint density at radius 1 is 1.44 bits per heavy atom. The summed E-state index contributed by atoms with van der Waals surface area (Å²) in [7, 11) is 0. The molecule has 1 aromatic carbocycles. The van der Waals surface area contributed by atoms with Crippen molar-refractivity contribution in [1.82, 2.24) is 5.32 Å². The highest BCUT2D eigenvalue weighted by molar-refractivity contribution is 9.10. The smallest absolute Gasteiger partial charge is 0.252 e. The van der Waals surface area contributed by atoms with E-state index in [1.165, 1.54) is 37.8 Å². The average Bonchev–Trinajstić information content (AvgIpc) is 2.85. The molecule has 1 aliphatic rings. The van der Waals surface area contributed by atoms with Crippen molar-refractivity contribution >= 4 is 21.8 Å². The molecule has 0 saturated heterocycles. The SMILES string of the molecule is CC(NC(=O)c1cc(F)ccc1Br)C1CCCC1. The van der Waals surface area contributed by atoms with E-state index >= 15 is 0 Å². The molecule has 0 aromatic heterocycles. The number of hydrogen-bond acceptors (Lipinski definition) is 1. The molecule has 0 bridgehead atoms. The van der Waals surface area contributed by atoms with Crippen LogP contribution in [0.4, 0.5) is 4.39 Å². The first-order valence-electron chi connectivity index (χ1n) is 6.34. The summed E-state index contributed by atoms with van der Waals surface area (Å²) in [5.41, 5.74) is 0.361. The molecule has 1 aliphatic carbocycles. The van der Waals surface area contributed by atoms with Crippen molar-refractivity contribution in [3.8, 4) is 0 Å². The van der Waals surface area contributed by atoms with Crippen LogP contribution in [0.25, 0.3) is 0 Å². The Morgan fingerprint density at radius 3 is 2.78 bits per heavy atom. The Balaban J connectivity index is 2.04. The highest BCUT2D eigenvalue weighted by Gasteiger charge is 2.23. The van der Waals surface area contributed by atoms with Gasteiger partial charge in [0, 0.05) is 10.5 Å². The molecular weight excluding hydrogens is 297 g/mol. The molecule has 98 valence electrons. The predicted octanol–water partition coefficient (Wildman–Crippen LogP) is 3.90. The molecule has 1 aromatic rings. The lowest BCUT2D eigenvalue weighted by Gasteiger charge is -2.20. The van der Waals surface area contributed by atoms with Crippen molar-refractivity contribution in [3.05, 3.63) is 34.1 Å². The number of benzene rings is 1. The third-order valence-electron chi connectivity index (χ3n) is 3.64. The summed E-state index contributed by atoms with van der Waals surface area (Å²) in [6, 6.07) is 4.31. The van der Waals surface area contributed by atoms with E-state index in [0.717, 1.165) is 0 Å². The zero-order valence-electron chi connectivity index (χ0n) is 10.4. The van der Waals surface area contributed by atoms with E-state index in [0.29, 0.717) is 16.0 Å². The molecule has 2 nitrogen and oxygen atoms in total. The van der Waals surface area contributed by atoms with Crippen LogP contribution < -0.4 is 5.32 Å². The first kappa shape index (κ1) is 13.5. The van der Waals surface area contributed by atoms with Crippen LogP contribution >= 0.6 is 15.9 Å². The predicted molar refractivity (Wildman–Crippen MR) is 73.0 cm³/mol. The number of hydrogen-bond donors (Lipinski definition) is 1. The van der Waals surface area contributed by atoms with Crippen LogP contribution in [0.1, 0.15) is 43.0 Å². The molecule has 1 N–H and O–H groups in total. The van der Waals surface area contributed by atoms with Crippen molar-refractivity contribution in [2.75, 3.05) is 0 Å². The van der Waals surface area contributed by atoms with Gasteiger partial charge in [-0.1, -0.05) is 12.8 Å². The molecule has 1 fully saturated rings. The van der Waals surface area contributed by atoms with Gasteiger partial charge >= 0.3 is 0 Å². The van der Waals surface area contributed by atoms with Crippen LogP contribution in [0.15, 0.2) is 22.7 Å². The van der Waals surface area contributed by atoms with Gasteiger partial charge < -0.3 is 5.32 Å². The van der Waals surface area contributed by atoms with Gasteiger partial charge in [-0.3, -0.25) is 4.79 Å². The van der Waals surface area contributed by atoms with Crippen molar-refractivity contribution in [2.45, 2.75) is 38.6 Å². The molecule has 1 unspecified atom stereocenters. The van der Waals surface area contributed by atoms with E-state index in [4.69, 9.17) is 0 Å². The summed E-state index contributed by atoms with van der Waals surface area (Å²) in [4.78, 5) is 12.1. The number of nitrogens with one attached hydrogen (secondary N) is 1. The molecule has 0 radical (unpaired) electrons. The summed E-state index contributed by atoms with van der Waals surface area (Å²) in [5, 5.41) is 2.97. The minimum absolute atomic E-state index is 0.148. The van der Waals surface area contributed by atoms with E-state index < -0.39 is 5.82 Å². The van der Waals surface area contributed by atoms with E-state index in [-0.39, 0.29) is 11.9 Å². The molecule has 1 atom stereocenters. The zero-order chi connectivity index (χ0) is 13.1. The van der Waals surface area contributed by atoms with Gasteiger partial charge in [-0.05, 0) is 59.8 Å². The third kappa shape index (κ3) is 3.10. The Bertz CT molecular complexity index is 443. The molecule has 0 heterocycles. The van der Waals surface area contributed by atoms with Crippen LogP contribution in [0, 0.1) is 11.7 Å². The molecule has 0 aliphatic heterocycles. The lowest BCUT2D eigenvalue weighted by molar-refractivity contribution is 0.0926. The Labute approximate surface area is 115 Å². The second kappa shape index (κ2) is 5.83. The monoisotopic (exact) mass is 313 g/mol. The number of carbonyl (C=O) groups is 1. The second-order valence-corrected chi connectivity index (χ2v) is 5.79. The lowest BCUT2D eigenvalue weighted by Crippen LogP contribution is -2.37. The zero-order valence-corrected chi connectivity index (χ0v) is 12.0. The quantitative estimate of drug-likeness (QED) is 0.901. The van der Waals surface area contributed by atoms with Crippen molar-refractivity contribution in [2.24, 2.45) is 5.92 Å². The normalized spacial score (nSPS) is 17.7. The first-order chi connectivity index (χ1) is 8.58. The highest BCUT2D eigenvalue weighted by Crippen LogP contribution is 2.28. The topological polar surface area (TPSA) is 29.1 Å². The fraction of sp³-hybridized carbons (Fsp3) is 0.500. The van der Waals surface area contributed by atoms with Crippen LogP contribution in [0.2, 0.25) is 0 Å². The highest BCUT2D eigenvalue weighted by atomic mass is 79.9. The third-order valence-corrected chi connectivity index (χ3v) is 4.33. The summed E-state index contributed by atoms with van der Waals surface area (Å²) < 4.78 is 13.8. The summed E-state index contributed by atoms with van der Waals surface area (Å²) >= 11 is 3.28. The minimum atomic E-state index is -0.392. The molecular formula is C14H17BrFNO. The van der Waals surface area contributed by atoms with E-state index in [2.05, 4.69) is 21.2 Å². The maximum Gasteiger partial charge on any atom is 0.252 e. The van der Waals surface area contributed by atoms with Gasteiger partial charge in [-0.2, -0.15) is 0 Å². The molecule has 0 spiro atoms. The molecule has 2 rings (SSSR count). The maximum absolute atomic E-state index is 13.1. The molecule has 1 saturated carbocycles. The number of rotatable bonds is 3. The Morgan fingerprint density at radius 2 is 2.11 bits per heavy atom. The lowest BCUT2D eigenvalue weighted by atomic mass is 9.99. The minimum Gasteiger partial charge on any atom is -0.349 e. The van der Waals surface area contributed by atoms with Gasteiger partial charge in [-0.15, -0.1) is 0 Å². The Kier molecular flexibility index (Phi) is 4.38. The largest absolute Gasteiger partial charge is 0.349 e. The van der Waals surface area contributed by atoms with Gasteiger partial charge in [-0.25, -0.2) is 4.39 Å². The van der Waals surface area contributed by atoms with E-state index in [1.807, 2.05) is 6.92 Å². The first-order valence-corrected chi connectivity index (χ1v) is 7.13. The summed E-state index contributed by atoms with van der Waals surface area (Å²) in [6.45, 7) is 2.03. The van der Waals surface area contributed by atoms with Crippen LogP contribution in [0.5, 0.6) is 0 Å². The molecule has 4 heteroatoms. The van der Waals surface area contributed by atoms with Crippen molar-refractivity contribution in [3.63, 3.8) is 0 Å². The van der Waals surface area contributed by atoms with Gasteiger partial charge in [0.15, 0.2) is 0 Å². The number of halogens is 2.